The lowest BCUT2D eigenvalue weighted by Crippen LogP contribution is -2.11. The molecule has 1 unspecified atom stereocenters. The molecule has 0 aromatic rings. The summed E-state index contributed by atoms with van der Waals surface area (Å²) in [6, 6.07) is 0. The zero-order valence-corrected chi connectivity index (χ0v) is 11.7. The Hall–Kier alpha value is 0. The minimum atomic E-state index is 0.567. The highest BCUT2D eigenvalue weighted by atomic mass is 14.2. The van der Waals surface area contributed by atoms with E-state index in [-0.39, 0.29) is 0 Å². The predicted octanol–water partition coefficient (Wildman–Crippen LogP) is 5.81. The zero-order chi connectivity index (χ0) is 11.7. The highest BCUT2D eigenvalue weighted by molar-refractivity contribution is 4.68. The highest BCUT2D eigenvalue weighted by Gasteiger charge is 2.15. The Morgan fingerprint density at radius 2 is 1.60 bits per heavy atom. The van der Waals surface area contributed by atoms with Gasteiger partial charge in [-0.15, -0.1) is 0 Å². The molecule has 0 aliphatic carbocycles. The summed E-state index contributed by atoms with van der Waals surface area (Å²) in [5.41, 5.74) is 0.567. The molecule has 15 heavy (non-hydrogen) atoms. The Bertz CT molecular complexity index is 135. The molecule has 0 aromatic carbocycles. The molecule has 0 saturated heterocycles. The van der Waals surface area contributed by atoms with Gasteiger partial charge in [-0.05, 0) is 17.8 Å². The maximum absolute atomic E-state index is 2.43. The van der Waals surface area contributed by atoms with E-state index in [2.05, 4.69) is 34.6 Å². The molecule has 0 spiro atoms. The fourth-order valence-corrected chi connectivity index (χ4v) is 1.88. The summed E-state index contributed by atoms with van der Waals surface area (Å²) in [6.45, 7) is 11.8. The lowest BCUT2D eigenvalue weighted by Gasteiger charge is -2.24. The van der Waals surface area contributed by atoms with Gasteiger partial charge in [0.25, 0.3) is 0 Å². The van der Waals surface area contributed by atoms with Crippen molar-refractivity contribution in [2.24, 2.45) is 11.3 Å². The Balaban J connectivity index is 3.44. The Kier molecular flexibility index (Phi) is 8.19. The van der Waals surface area contributed by atoms with Crippen LogP contribution in [0, 0.1) is 11.3 Å². The lowest BCUT2D eigenvalue weighted by atomic mass is 9.82. The molecule has 0 aliphatic rings. The third-order valence-electron chi connectivity index (χ3n) is 3.82. The molecule has 0 rings (SSSR count). The van der Waals surface area contributed by atoms with Crippen molar-refractivity contribution in [3.63, 3.8) is 0 Å². The topological polar surface area (TPSA) is 0 Å². The van der Waals surface area contributed by atoms with Crippen molar-refractivity contribution in [1.29, 1.82) is 0 Å². The maximum atomic E-state index is 2.43. The average molecular weight is 212 g/mol. The van der Waals surface area contributed by atoms with Gasteiger partial charge in [-0.1, -0.05) is 79.6 Å². The van der Waals surface area contributed by atoms with E-state index in [1.165, 1.54) is 51.4 Å². The molecule has 0 aromatic heterocycles. The third kappa shape index (κ3) is 8.96. The van der Waals surface area contributed by atoms with Crippen LogP contribution in [0.15, 0.2) is 0 Å². The minimum Gasteiger partial charge on any atom is -0.0654 e. The molecular formula is C15H32. The summed E-state index contributed by atoms with van der Waals surface area (Å²) in [5, 5.41) is 0. The van der Waals surface area contributed by atoms with Crippen molar-refractivity contribution in [2.75, 3.05) is 0 Å². The molecule has 0 aliphatic heterocycles. The fraction of sp³-hybridized carbons (Fsp3) is 1.00. The Morgan fingerprint density at radius 1 is 0.933 bits per heavy atom. The fourth-order valence-electron chi connectivity index (χ4n) is 1.88. The van der Waals surface area contributed by atoms with Crippen LogP contribution in [-0.4, -0.2) is 0 Å². The molecule has 0 N–H and O–H groups in total. The van der Waals surface area contributed by atoms with E-state index in [9.17, 15) is 0 Å². The van der Waals surface area contributed by atoms with Crippen molar-refractivity contribution in [3.8, 4) is 0 Å². The monoisotopic (exact) mass is 212 g/mol. The van der Waals surface area contributed by atoms with Gasteiger partial charge in [0, 0.05) is 0 Å². The van der Waals surface area contributed by atoms with Crippen LogP contribution in [-0.2, 0) is 0 Å². The SMILES string of the molecule is CCCCCCC(C)CCC(C)(C)CC. The smallest absolute Gasteiger partial charge is 0.0357 e. The first-order valence-corrected chi connectivity index (χ1v) is 7.02. The van der Waals surface area contributed by atoms with Crippen molar-refractivity contribution < 1.29 is 0 Å². The molecular weight excluding hydrogens is 180 g/mol. The predicted molar refractivity (Wildman–Crippen MR) is 71.2 cm³/mol. The van der Waals surface area contributed by atoms with Crippen LogP contribution in [0.25, 0.3) is 0 Å². The van der Waals surface area contributed by atoms with Gasteiger partial charge in [-0.2, -0.15) is 0 Å². The first kappa shape index (κ1) is 15.0. The van der Waals surface area contributed by atoms with Crippen LogP contribution in [0.1, 0.15) is 86.0 Å². The van der Waals surface area contributed by atoms with Crippen molar-refractivity contribution in [3.05, 3.63) is 0 Å². The molecule has 0 nitrogen and oxygen atoms in total. The van der Waals surface area contributed by atoms with Gasteiger partial charge in [-0.25, -0.2) is 0 Å². The van der Waals surface area contributed by atoms with Crippen molar-refractivity contribution in [2.45, 2.75) is 86.0 Å². The molecule has 0 saturated carbocycles. The molecule has 92 valence electrons. The summed E-state index contributed by atoms with van der Waals surface area (Å²) in [6.07, 6.45) is 11.3. The molecule has 1 atom stereocenters. The van der Waals surface area contributed by atoms with Gasteiger partial charge in [-0.3, -0.25) is 0 Å². The van der Waals surface area contributed by atoms with Crippen molar-refractivity contribution in [1.82, 2.24) is 0 Å². The Labute approximate surface area is 97.8 Å². The summed E-state index contributed by atoms with van der Waals surface area (Å²) in [4.78, 5) is 0. The molecule has 0 heteroatoms. The molecule has 0 bridgehead atoms. The van der Waals surface area contributed by atoms with Crippen LogP contribution >= 0.6 is 0 Å². The normalized spacial score (nSPS) is 14.2. The van der Waals surface area contributed by atoms with Crippen LogP contribution in [0.4, 0.5) is 0 Å². The van der Waals surface area contributed by atoms with E-state index in [4.69, 9.17) is 0 Å². The third-order valence-corrected chi connectivity index (χ3v) is 3.82. The van der Waals surface area contributed by atoms with Crippen LogP contribution in [0.5, 0.6) is 0 Å². The molecule has 0 fully saturated rings. The molecule has 0 amide bonds. The summed E-state index contributed by atoms with van der Waals surface area (Å²) >= 11 is 0. The zero-order valence-electron chi connectivity index (χ0n) is 11.7. The van der Waals surface area contributed by atoms with Gasteiger partial charge in [0.2, 0.25) is 0 Å². The van der Waals surface area contributed by atoms with E-state index in [1.807, 2.05) is 0 Å². The lowest BCUT2D eigenvalue weighted by molar-refractivity contribution is 0.281. The number of hydrogen-bond acceptors (Lipinski definition) is 0. The molecule has 0 heterocycles. The first-order chi connectivity index (χ1) is 7.02. The molecule has 0 radical (unpaired) electrons. The van der Waals surface area contributed by atoms with E-state index < -0.39 is 0 Å². The van der Waals surface area contributed by atoms with Crippen LogP contribution in [0.3, 0.4) is 0 Å². The number of hydrogen-bond donors (Lipinski definition) is 0. The van der Waals surface area contributed by atoms with Crippen LogP contribution < -0.4 is 0 Å². The minimum absolute atomic E-state index is 0.567. The second-order valence-corrected chi connectivity index (χ2v) is 6.01. The van der Waals surface area contributed by atoms with Gasteiger partial charge in [0.05, 0.1) is 0 Å². The summed E-state index contributed by atoms with van der Waals surface area (Å²) < 4.78 is 0. The van der Waals surface area contributed by atoms with E-state index >= 15 is 0 Å². The van der Waals surface area contributed by atoms with E-state index in [0.29, 0.717) is 5.41 Å². The Morgan fingerprint density at radius 3 is 2.13 bits per heavy atom. The van der Waals surface area contributed by atoms with Gasteiger partial charge < -0.3 is 0 Å². The highest BCUT2D eigenvalue weighted by Crippen LogP contribution is 2.29. The standard InChI is InChI=1S/C15H32/c1-6-8-9-10-11-14(3)12-13-15(4,5)7-2/h14H,6-13H2,1-5H3. The van der Waals surface area contributed by atoms with E-state index in [0.717, 1.165) is 5.92 Å². The van der Waals surface area contributed by atoms with Crippen LogP contribution in [0.2, 0.25) is 0 Å². The first-order valence-electron chi connectivity index (χ1n) is 7.02. The van der Waals surface area contributed by atoms with Gasteiger partial charge in [0.15, 0.2) is 0 Å². The largest absolute Gasteiger partial charge is 0.0654 e. The second kappa shape index (κ2) is 8.19. The van der Waals surface area contributed by atoms with E-state index in [1.54, 1.807) is 0 Å². The van der Waals surface area contributed by atoms with Gasteiger partial charge in [0.1, 0.15) is 0 Å². The second-order valence-electron chi connectivity index (χ2n) is 6.01. The maximum Gasteiger partial charge on any atom is -0.0357 e. The average Bonchev–Trinajstić information content (AvgIpc) is 2.22. The number of unbranched alkanes of at least 4 members (excludes halogenated alkanes) is 3. The number of rotatable bonds is 9. The van der Waals surface area contributed by atoms with Crippen molar-refractivity contribution >= 4 is 0 Å². The van der Waals surface area contributed by atoms with Gasteiger partial charge >= 0.3 is 0 Å². The quantitative estimate of drug-likeness (QED) is 0.423. The summed E-state index contributed by atoms with van der Waals surface area (Å²) in [5.74, 6) is 0.938. The summed E-state index contributed by atoms with van der Waals surface area (Å²) in [7, 11) is 0.